The Kier molecular flexibility index (Phi) is 4.96. The van der Waals surface area contributed by atoms with Crippen LogP contribution in [0, 0.1) is 0 Å². The van der Waals surface area contributed by atoms with Crippen molar-refractivity contribution in [3.05, 3.63) is 35.9 Å². The number of imide groups is 1. The number of piperidine rings is 1. The predicted molar refractivity (Wildman–Crippen MR) is 81.7 cm³/mol. The third-order valence-electron chi connectivity index (χ3n) is 3.97. The van der Waals surface area contributed by atoms with Crippen LogP contribution in [0.15, 0.2) is 30.3 Å². The first-order chi connectivity index (χ1) is 10.2. The number of hydrogen-bond donors (Lipinski definition) is 2. The van der Waals surface area contributed by atoms with Gasteiger partial charge in [-0.1, -0.05) is 44.2 Å². The average Bonchev–Trinajstić information content (AvgIpc) is 2.79. The molecule has 2 aliphatic heterocycles. The number of rotatable bonds is 2. The van der Waals surface area contributed by atoms with Crippen LogP contribution in [0.4, 0.5) is 4.79 Å². The minimum atomic E-state index is -0.662. The first kappa shape index (κ1) is 15.5. The third-order valence-corrected chi connectivity index (χ3v) is 3.97. The van der Waals surface area contributed by atoms with E-state index in [9.17, 15) is 9.59 Å². The van der Waals surface area contributed by atoms with Crippen LogP contribution < -0.4 is 10.6 Å². The lowest BCUT2D eigenvalue weighted by Gasteiger charge is -2.36. The maximum absolute atomic E-state index is 11.8. The van der Waals surface area contributed by atoms with Crippen LogP contribution in [-0.2, 0) is 11.3 Å². The van der Waals surface area contributed by atoms with Gasteiger partial charge in [0.15, 0.2) is 0 Å². The number of amides is 3. The molecule has 0 aliphatic carbocycles. The van der Waals surface area contributed by atoms with Crippen LogP contribution in [0.3, 0.4) is 0 Å². The van der Waals surface area contributed by atoms with Crippen molar-refractivity contribution in [1.29, 1.82) is 0 Å². The number of urea groups is 1. The number of nitrogens with one attached hydrogen (secondary N) is 2. The van der Waals surface area contributed by atoms with E-state index in [-0.39, 0.29) is 11.9 Å². The Bertz CT molecular complexity index is 494. The summed E-state index contributed by atoms with van der Waals surface area (Å²) in [5.41, 5.74) is 0.614. The van der Waals surface area contributed by atoms with E-state index in [4.69, 9.17) is 0 Å². The van der Waals surface area contributed by atoms with Crippen molar-refractivity contribution in [2.75, 3.05) is 13.1 Å². The number of carbonyl (C=O) groups excluding carboxylic acids is 2. The summed E-state index contributed by atoms with van der Waals surface area (Å²) in [6.45, 7) is 6.54. The SMILES string of the molecule is CC.O=C1NC(=O)C2(CCN(Cc3ccccc3)CC2)N1. The van der Waals surface area contributed by atoms with Crippen LogP contribution in [-0.4, -0.2) is 35.5 Å². The highest BCUT2D eigenvalue weighted by Crippen LogP contribution is 2.26. The molecule has 1 aromatic carbocycles. The largest absolute Gasteiger partial charge is 0.323 e. The minimum Gasteiger partial charge on any atom is -0.323 e. The fourth-order valence-electron chi connectivity index (χ4n) is 2.81. The zero-order valence-corrected chi connectivity index (χ0v) is 12.7. The minimum absolute atomic E-state index is 0.170. The number of hydrogen-bond acceptors (Lipinski definition) is 3. The Balaban J connectivity index is 0.000000774. The van der Waals surface area contributed by atoms with Gasteiger partial charge in [0, 0.05) is 19.6 Å². The van der Waals surface area contributed by atoms with Gasteiger partial charge in [-0.05, 0) is 18.4 Å². The van der Waals surface area contributed by atoms with Crippen molar-refractivity contribution in [3.63, 3.8) is 0 Å². The normalized spacial score (nSPS) is 20.5. The van der Waals surface area contributed by atoms with E-state index in [0.717, 1.165) is 19.6 Å². The van der Waals surface area contributed by atoms with Crippen LogP contribution in [0.5, 0.6) is 0 Å². The summed E-state index contributed by atoms with van der Waals surface area (Å²) in [5.74, 6) is -0.170. The van der Waals surface area contributed by atoms with E-state index in [1.807, 2.05) is 32.0 Å². The quantitative estimate of drug-likeness (QED) is 0.817. The van der Waals surface area contributed by atoms with E-state index in [2.05, 4.69) is 27.7 Å². The number of carbonyl (C=O) groups is 2. The summed E-state index contributed by atoms with van der Waals surface area (Å²) in [6.07, 6.45) is 1.36. The van der Waals surface area contributed by atoms with Crippen molar-refractivity contribution in [2.24, 2.45) is 0 Å². The Morgan fingerprint density at radius 3 is 2.24 bits per heavy atom. The highest BCUT2D eigenvalue weighted by molar-refractivity contribution is 6.07. The molecule has 0 bridgehead atoms. The van der Waals surface area contributed by atoms with Gasteiger partial charge >= 0.3 is 6.03 Å². The van der Waals surface area contributed by atoms with Gasteiger partial charge in [-0.2, -0.15) is 0 Å². The van der Waals surface area contributed by atoms with Gasteiger partial charge in [0.25, 0.3) is 5.91 Å². The maximum atomic E-state index is 11.8. The fourth-order valence-corrected chi connectivity index (χ4v) is 2.81. The van der Waals surface area contributed by atoms with Gasteiger partial charge in [-0.15, -0.1) is 0 Å². The molecule has 0 unspecified atom stereocenters. The standard InChI is InChI=1S/C14H17N3O2.C2H6/c18-12-14(16-13(19)15-12)6-8-17(9-7-14)10-11-4-2-1-3-5-11;1-2/h1-5H,6-10H2,(H2,15,16,18,19);1-2H3. The molecule has 114 valence electrons. The lowest BCUT2D eigenvalue weighted by atomic mass is 9.87. The van der Waals surface area contributed by atoms with Gasteiger partial charge < -0.3 is 5.32 Å². The summed E-state index contributed by atoms with van der Waals surface area (Å²) in [6, 6.07) is 9.92. The van der Waals surface area contributed by atoms with Crippen LogP contribution in [0.25, 0.3) is 0 Å². The first-order valence-electron chi connectivity index (χ1n) is 7.58. The molecule has 0 aromatic heterocycles. The second-order valence-corrected chi connectivity index (χ2v) is 5.25. The molecular weight excluding hydrogens is 266 g/mol. The molecule has 1 spiro atoms. The number of likely N-dealkylation sites (tertiary alicyclic amines) is 1. The van der Waals surface area contributed by atoms with Crippen molar-refractivity contribution in [3.8, 4) is 0 Å². The molecule has 2 aliphatic rings. The molecule has 0 radical (unpaired) electrons. The number of nitrogens with zero attached hydrogens (tertiary/aromatic N) is 1. The van der Waals surface area contributed by atoms with Crippen molar-refractivity contribution < 1.29 is 9.59 Å². The van der Waals surface area contributed by atoms with Gasteiger partial charge in [0.05, 0.1) is 0 Å². The molecule has 5 heteroatoms. The second kappa shape index (κ2) is 6.72. The lowest BCUT2D eigenvalue weighted by molar-refractivity contribution is -0.125. The molecule has 0 saturated carbocycles. The molecule has 3 rings (SSSR count). The summed E-state index contributed by atoms with van der Waals surface area (Å²) in [4.78, 5) is 25.4. The predicted octanol–water partition coefficient (Wildman–Crippen LogP) is 1.89. The topological polar surface area (TPSA) is 61.4 Å². The fraction of sp³-hybridized carbons (Fsp3) is 0.500. The van der Waals surface area contributed by atoms with Gasteiger partial charge in [-0.3, -0.25) is 15.0 Å². The van der Waals surface area contributed by atoms with Gasteiger partial charge in [-0.25, -0.2) is 4.79 Å². The van der Waals surface area contributed by atoms with E-state index < -0.39 is 5.54 Å². The Labute approximate surface area is 125 Å². The van der Waals surface area contributed by atoms with Crippen LogP contribution >= 0.6 is 0 Å². The summed E-state index contributed by atoms with van der Waals surface area (Å²) in [5, 5.41) is 5.11. The molecule has 3 amide bonds. The van der Waals surface area contributed by atoms with Crippen molar-refractivity contribution >= 4 is 11.9 Å². The molecule has 2 fully saturated rings. The molecule has 2 saturated heterocycles. The maximum Gasteiger partial charge on any atom is 0.322 e. The zero-order valence-electron chi connectivity index (χ0n) is 12.7. The monoisotopic (exact) mass is 289 g/mol. The zero-order chi connectivity index (χ0) is 15.3. The van der Waals surface area contributed by atoms with Crippen molar-refractivity contribution in [2.45, 2.75) is 38.8 Å². The second-order valence-electron chi connectivity index (χ2n) is 5.25. The first-order valence-corrected chi connectivity index (χ1v) is 7.58. The van der Waals surface area contributed by atoms with Gasteiger partial charge in [0.2, 0.25) is 0 Å². The summed E-state index contributed by atoms with van der Waals surface area (Å²) in [7, 11) is 0. The summed E-state index contributed by atoms with van der Waals surface area (Å²) >= 11 is 0. The van der Waals surface area contributed by atoms with E-state index in [1.165, 1.54) is 5.56 Å². The molecular formula is C16H23N3O2. The van der Waals surface area contributed by atoms with E-state index in [0.29, 0.717) is 12.8 Å². The van der Waals surface area contributed by atoms with Crippen LogP contribution in [0.2, 0.25) is 0 Å². The Morgan fingerprint density at radius 2 is 1.71 bits per heavy atom. The third kappa shape index (κ3) is 3.42. The Hall–Kier alpha value is -1.88. The molecule has 2 N–H and O–H groups in total. The number of benzene rings is 1. The van der Waals surface area contributed by atoms with E-state index in [1.54, 1.807) is 0 Å². The highest BCUT2D eigenvalue weighted by Gasteiger charge is 2.47. The van der Waals surface area contributed by atoms with Gasteiger partial charge in [0.1, 0.15) is 5.54 Å². The molecule has 0 atom stereocenters. The highest BCUT2D eigenvalue weighted by atomic mass is 16.2. The lowest BCUT2D eigenvalue weighted by Crippen LogP contribution is -2.54. The Morgan fingerprint density at radius 1 is 1.10 bits per heavy atom. The van der Waals surface area contributed by atoms with E-state index >= 15 is 0 Å². The van der Waals surface area contributed by atoms with Crippen molar-refractivity contribution in [1.82, 2.24) is 15.5 Å². The average molecular weight is 289 g/mol. The molecule has 2 heterocycles. The molecule has 21 heavy (non-hydrogen) atoms. The molecule has 1 aromatic rings. The smallest absolute Gasteiger partial charge is 0.322 e. The van der Waals surface area contributed by atoms with Crippen LogP contribution in [0.1, 0.15) is 32.3 Å². The summed E-state index contributed by atoms with van der Waals surface area (Å²) < 4.78 is 0. The molecule has 5 nitrogen and oxygen atoms in total.